The van der Waals surface area contributed by atoms with Gasteiger partial charge in [-0.25, -0.2) is 9.98 Å². The lowest BCUT2D eigenvalue weighted by Gasteiger charge is -2.14. The highest BCUT2D eigenvalue weighted by Crippen LogP contribution is 2.45. The Bertz CT molecular complexity index is 1890. The fraction of sp³-hybridized carbons (Fsp3) is 0.103. The van der Waals surface area contributed by atoms with Crippen molar-refractivity contribution >= 4 is 49.8 Å². The Hall–Kier alpha value is -4.96. The van der Waals surface area contributed by atoms with Gasteiger partial charge < -0.3 is 20.3 Å². The first-order valence-electron chi connectivity index (χ1n) is 12.0. The highest BCUT2D eigenvalue weighted by molar-refractivity contribution is 7.21. The molecule has 39 heavy (non-hydrogen) atoms. The Morgan fingerprint density at radius 1 is 1.00 bits per heavy atom. The molecule has 0 aliphatic heterocycles. The number of ether oxygens (including phenoxy) is 2. The molecule has 0 unspecified atom stereocenters. The molecule has 0 bridgehead atoms. The van der Waals surface area contributed by atoms with Crippen molar-refractivity contribution < 1.29 is 23.8 Å². The summed E-state index contributed by atoms with van der Waals surface area (Å²) in [6.45, 7) is 0. The third-order valence-electron chi connectivity index (χ3n) is 6.43. The van der Waals surface area contributed by atoms with Crippen LogP contribution in [0.4, 0.5) is 11.6 Å². The second kappa shape index (κ2) is 9.73. The number of benzene rings is 3. The minimum Gasteiger partial charge on any atom is -0.857 e. The largest absolute Gasteiger partial charge is 0.857 e. The van der Waals surface area contributed by atoms with Crippen LogP contribution >= 0.6 is 11.3 Å². The van der Waals surface area contributed by atoms with E-state index in [0.717, 1.165) is 33.2 Å². The number of rotatable bonds is 6. The Morgan fingerprint density at radius 3 is 2.59 bits per heavy atom. The quantitative estimate of drug-likeness (QED) is 0.187. The summed E-state index contributed by atoms with van der Waals surface area (Å²) in [6, 6.07) is 21.8. The minimum atomic E-state index is -0.536. The normalized spacial score (nSPS) is 11.8. The summed E-state index contributed by atoms with van der Waals surface area (Å²) < 4.78 is 17.6. The Kier molecular flexibility index (Phi) is 6.08. The number of aromatic nitrogens is 3. The van der Waals surface area contributed by atoms with Gasteiger partial charge in [0.25, 0.3) is 6.20 Å². The van der Waals surface area contributed by atoms with E-state index in [1.165, 1.54) is 22.2 Å². The molecule has 3 aromatic carbocycles. The van der Waals surface area contributed by atoms with Gasteiger partial charge in [0.05, 0.1) is 30.5 Å². The van der Waals surface area contributed by atoms with Gasteiger partial charge in [-0.1, -0.05) is 47.1 Å². The van der Waals surface area contributed by atoms with Crippen molar-refractivity contribution in [2.24, 2.45) is 12.0 Å². The lowest BCUT2D eigenvalue weighted by Crippen LogP contribution is -2.27. The fourth-order valence-corrected chi connectivity index (χ4v) is 5.62. The summed E-state index contributed by atoms with van der Waals surface area (Å²) in [5.41, 5.74) is 10.2. The van der Waals surface area contributed by atoms with E-state index in [1.807, 2.05) is 48.5 Å². The molecule has 6 rings (SSSR count). The molecule has 0 atom stereocenters. The second-order valence-corrected chi connectivity index (χ2v) is 9.80. The van der Waals surface area contributed by atoms with Gasteiger partial charge in [0.1, 0.15) is 16.3 Å². The van der Waals surface area contributed by atoms with Gasteiger partial charge in [-0.3, -0.25) is 4.52 Å². The number of thiophene rings is 1. The van der Waals surface area contributed by atoms with Crippen LogP contribution in [0.15, 0.2) is 82.4 Å². The van der Waals surface area contributed by atoms with Crippen molar-refractivity contribution in [3.05, 3.63) is 77.8 Å². The number of nitrogen functional groups attached to an aromatic ring is 1. The smallest absolute Gasteiger partial charge is 0.320 e. The number of methoxy groups -OCH3 is 2. The van der Waals surface area contributed by atoms with Crippen LogP contribution < -0.4 is 25.0 Å². The van der Waals surface area contributed by atoms with Crippen LogP contribution in [-0.2, 0) is 7.05 Å². The van der Waals surface area contributed by atoms with Crippen molar-refractivity contribution in [1.29, 1.82) is 0 Å². The summed E-state index contributed by atoms with van der Waals surface area (Å²) in [4.78, 5) is 9.91. The van der Waals surface area contributed by atoms with Crippen molar-refractivity contribution in [1.82, 2.24) is 10.3 Å². The summed E-state index contributed by atoms with van der Waals surface area (Å²) in [5.74, 6) is 0.804. The number of aliphatic imine (C=N–C) groups is 1. The SMILES string of the molecule is COc1ccc(-c2cc(-c3cccc4ccccc34)nc3sc(/C([O-])=N/c4c[n+](C)no4)c(N)c23)c(OC)c1. The molecule has 9 nitrogen and oxygen atoms in total. The molecule has 3 aromatic heterocycles. The zero-order valence-corrected chi connectivity index (χ0v) is 22.2. The molecule has 6 aromatic rings. The Morgan fingerprint density at radius 2 is 1.82 bits per heavy atom. The van der Waals surface area contributed by atoms with Gasteiger partial charge in [-0.05, 0) is 34.5 Å². The van der Waals surface area contributed by atoms with Crippen LogP contribution in [-0.4, -0.2) is 30.4 Å². The van der Waals surface area contributed by atoms with Gasteiger partial charge in [-0.2, -0.15) is 0 Å². The van der Waals surface area contributed by atoms with E-state index in [1.54, 1.807) is 21.3 Å². The highest BCUT2D eigenvalue weighted by atomic mass is 32.1. The van der Waals surface area contributed by atoms with Crippen LogP contribution in [0.5, 0.6) is 11.5 Å². The number of anilines is 1. The zero-order chi connectivity index (χ0) is 27.1. The molecule has 0 saturated heterocycles. The van der Waals surface area contributed by atoms with Crippen molar-refractivity contribution in [2.75, 3.05) is 20.0 Å². The van der Waals surface area contributed by atoms with Gasteiger partial charge >= 0.3 is 5.88 Å². The van der Waals surface area contributed by atoms with Crippen LogP contribution in [0.25, 0.3) is 43.4 Å². The second-order valence-electron chi connectivity index (χ2n) is 8.80. The minimum absolute atomic E-state index is 0.0841. The van der Waals surface area contributed by atoms with Gasteiger partial charge in [0.2, 0.25) is 0 Å². The number of pyridine rings is 1. The molecular weight excluding hydrogens is 514 g/mol. The zero-order valence-electron chi connectivity index (χ0n) is 21.3. The Balaban J connectivity index is 1.64. The highest BCUT2D eigenvalue weighted by Gasteiger charge is 2.21. The monoisotopic (exact) mass is 537 g/mol. The van der Waals surface area contributed by atoms with E-state index in [4.69, 9.17) is 24.7 Å². The molecular formula is C29H23N5O4S. The maximum atomic E-state index is 13.2. The van der Waals surface area contributed by atoms with Gasteiger partial charge in [0.15, 0.2) is 12.3 Å². The molecule has 0 amide bonds. The summed E-state index contributed by atoms with van der Waals surface area (Å²) in [7, 11) is 4.88. The van der Waals surface area contributed by atoms with E-state index in [9.17, 15) is 5.11 Å². The predicted molar refractivity (Wildman–Crippen MR) is 149 cm³/mol. The molecule has 10 heteroatoms. The molecule has 0 radical (unpaired) electrons. The third-order valence-corrected chi connectivity index (χ3v) is 7.52. The lowest BCUT2D eigenvalue weighted by atomic mass is 9.96. The molecule has 0 saturated carbocycles. The molecule has 0 aliphatic carbocycles. The van der Waals surface area contributed by atoms with Crippen molar-refractivity contribution in [3.8, 4) is 33.9 Å². The summed E-state index contributed by atoms with van der Waals surface area (Å²) >= 11 is 1.19. The predicted octanol–water partition coefficient (Wildman–Crippen LogP) is 4.63. The van der Waals surface area contributed by atoms with Crippen LogP contribution in [0.1, 0.15) is 4.88 Å². The lowest BCUT2D eigenvalue weighted by molar-refractivity contribution is -0.739. The van der Waals surface area contributed by atoms with E-state index in [0.29, 0.717) is 21.7 Å². The van der Waals surface area contributed by atoms with E-state index >= 15 is 0 Å². The van der Waals surface area contributed by atoms with Crippen molar-refractivity contribution in [2.45, 2.75) is 0 Å². The average molecular weight is 538 g/mol. The van der Waals surface area contributed by atoms with Crippen LogP contribution in [0, 0.1) is 0 Å². The van der Waals surface area contributed by atoms with Crippen LogP contribution in [0.3, 0.4) is 0 Å². The summed E-state index contributed by atoms with van der Waals surface area (Å²) in [6.07, 6.45) is 1.51. The Labute approximate surface area is 227 Å². The maximum absolute atomic E-state index is 13.2. The molecule has 3 heterocycles. The van der Waals surface area contributed by atoms with Crippen molar-refractivity contribution in [3.63, 3.8) is 0 Å². The number of nitrogens with zero attached hydrogens (tertiary/aromatic N) is 4. The molecule has 0 aliphatic rings. The number of fused-ring (bicyclic) bond motifs is 2. The maximum Gasteiger partial charge on any atom is 0.320 e. The van der Waals surface area contributed by atoms with Gasteiger partial charge in [0, 0.05) is 28.5 Å². The first kappa shape index (κ1) is 24.4. The standard InChI is InChI=1S/C29H23N5O4S/c1-34-15-24(38-33-34)32-28(35)27-26(30)25-21(20-12-11-17(36-2)13-23(20)37-3)14-22(31-29(25)39-27)19-10-6-8-16-7-4-5-9-18(16)19/h4-15H,1-3H3,(H2-,30,32,33,35). The average Bonchev–Trinajstić information content (AvgIpc) is 3.53. The van der Waals surface area contributed by atoms with Gasteiger partial charge in [-0.15, -0.1) is 11.3 Å². The van der Waals surface area contributed by atoms with E-state index in [-0.39, 0.29) is 16.4 Å². The third kappa shape index (κ3) is 4.30. The first-order valence-corrected chi connectivity index (χ1v) is 12.8. The summed E-state index contributed by atoms with van der Waals surface area (Å²) in [5, 5.41) is 19.7. The molecule has 0 fully saturated rings. The fourth-order valence-electron chi connectivity index (χ4n) is 4.61. The van der Waals surface area contributed by atoms with Crippen LogP contribution in [0.2, 0.25) is 0 Å². The van der Waals surface area contributed by atoms with E-state index < -0.39 is 5.90 Å². The van der Waals surface area contributed by atoms with E-state index in [2.05, 4.69) is 28.5 Å². The topological polar surface area (TPSA) is 123 Å². The molecule has 2 N–H and O–H groups in total. The molecule has 0 spiro atoms. The number of aryl methyl sites for hydroxylation is 1. The first-order chi connectivity index (χ1) is 19.0. The number of hydrogen-bond donors (Lipinski definition) is 1. The molecule has 194 valence electrons. The number of nitrogens with two attached hydrogens (primary N) is 1. The number of hydrogen-bond acceptors (Lipinski definition) is 9.